The van der Waals surface area contributed by atoms with Crippen molar-refractivity contribution in [2.75, 3.05) is 25.0 Å². The van der Waals surface area contributed by atoms with Crippen LogP contribution in [0.1, 0.15) is 19.8 Å². The molecule has 21 heavy (non-hydrogen) atoms. The maximum atomic E-state index is 11.5. The van der Waals surface area contributed by atoms with Crippen LogP contribution in [-0.4, -0.2) is 36.7 Å². The van der Waals surface area contributed by atoms with Gasteiger partial charge in [-0.05, 0) is 30.9 Å². The number of hydrogen-bond donors (Lipinski definition) is 4. The maximum absolute atomic E-state index is 11.5. The van der Waals surface area contributed by atoms with Crippen molar-refractivity contribution in [2.24, 2.45) is 5.92 Å². The smallest absolute Gasteiger partial charge is 0.319 e. The van der Waals surface area contributed by atoms with E-state index in [9.17, 15) is 9.59 Å². The van der Waals surface area contributed by atoms with Gasteiger partial charge in [0.05, 0.1) is 6.54 Å². The summed E-state index contributed by atoms with van der Waals surface area (Å²) in [6.07, 6.45) is 1.67. The number of benzene rings is 1. The van der Waals surface area contributed by atoms with Crippen LogP contribution in [0, 0.1) is 5.92 Å². The quantitative estimate of drug-likeness (QED) is 0.545. The normalized spacial score (nSPS) is 11.5. The molecule has 0 bridgehead atoms. The van der Waals surface area contributed by atoms with Gasteiger partial charge in [0.25, 0.3) is 0 Å². The molecule has 0 saturated carbocycles. The highest BCUT2D eigenvalue weighted by Crippen LogP contribution is 2.04. The van der Waals surface area contributed by atoms with E-state index in [1.807, 2.05) is 25.1 Å². The molecule has 0 spiro atoms. The minimum atomic E-state index is -0.412. The van der Waals surface area contributed by atoms with Crippen molar-refractivity contribution < 1.29 is 14.7 Å². The molecule has 1 rings (SSSR count). The first kappa shape index (κ1) is 17.0. The molecule has 1 unspecified atom stereocenters. The molecular formula is C15H23N3O3. The molecule has 6 nitrogen and oxygen atoms in total. The molecule has 0 aromatic heterocycles. The van der Waals surface area contributed by atoms with Gasteiger partial charge < -0.3 is 21.1 Å². The summed E-state index contributed by atoms with van der Waals surface area (Å²) in [5.41, 5.74) is 0.674. The minimum Gasteiger partial charge on any atom is -0.396 e. The third-order valence-electron chi connectivity index (χ3n) is 2.95. The Morgan fingerprint density at radius 1 is 1.19 bits per heavy atom. The van der Waals surface area contributed by atoms with E-state index in [0.717, 1.165) is 12.8 Å². The van der Waals surface area contributed by atoms with E-state index in [-0.39, 0.29) is 25.0 Å². The molecule has 6 heteroatoms. The van der Waals surface area contributed by atoms with Gasteiger partial charge in [0.1, 0.15) is 0 Å². The Morgan fingerprint density at radius 3 is 2.57 bits per heavy atom. The van der Waals surface area contributed by atoms with Crippen LogP contribution in [-0.2, 0) is 4.79 Å². The molecule has 0 aliphatic heterocycles. The monoisotopic (exact) mass is 293 g/mol. The topological polar surface area (TPSA) is 90.5 Å². The molecule has 1 aromatic carbocycles. The standard InChI is InChI=1S/C15H23N3O3/c1-12(11-19)6-5-9-16-14(20)10-17-15(21)18-13-7-3-2-4-8-13/h2-4,7-8,12,19H,5-6,9-11H2,1H3,(H,16,20)(H2,17,18,21). The second kappa shape index (κ2) is 9.77. The van der Waals surface area contributed by atoms with Gasteiger partial charge in [-0.25, -0.2) is 4.79 Å². The molecule has 0 aliphatic carbocycles. The minimum absolute atomic E-state index is 0.0613. The zero-order chi connectivity index (χ0) is 15.5. The molecule has 1 aromatic rings. The van der Waals surface area contributed by atoms with Crippen molar-refractivity contribution in [2.45, 2.75) is 19.8 Å². The van der Waals surface area contributed by atoms with Gasteiger partial charge in [-0.1, -0.05) is 25.1 Å². The molecule has 0 saturated heterocycles. The fourth-order valence-electron chi connectivity index (χ4n) is 1.69. The summed E-state index contributed by atoms with van der Waals surface area (Å²) in [6, 6.07) is 8.61. The molecule has 0 fully saturated rings. The van der Waals surface area contributed by atoms with E-state index in [2.05, 4.69) is 16.0 Å². The SMILES string of the molecule is CC(CO)CCCNC(=O)CNC(=O)Nc1ccccc1. The number of aliphatic hydroxyl groups excluding tert-OH is 1. The zero-order valence-electron chi connectivity index (χ0n) is 12.3. The number of nitrogens with one attached hydrogen (secondary N) is 3. The van der Waals surface area contributed by atoms with Crippen molar-refractivity contribution >= 4 is 17.6 Å². The Balaban J connectivity index is 2.11. The van der Waals surface area contributed by atoms with Gasteiger partial charge in [0, 0.05) is 18.8 Å². The van der Waals surface area contributed by atoms with Gasteiger partial charge in [-0.2, -0.15) is 0 Å². The van der Waals surface area contributed by atoms with Crippen LogP contribution in [0.3, 0.4) is 0 Å². The Kier molecular flexibility index (Phi) is 7.89. The maximum Gasteiger partial charge on any atom is 0.319 e. The van der Waals surface area contributed by atoms with Gasteiger partial charge in [0.2, 0.25) is 5.91 Å². The number of carbonyl (C=O) groups is 2. The number of carbonyl (C=O) groups excluding carboxylic acids is 2. The average molecular weight is 293 g/mol. The lowest BCUT2D eigenvalue weighted by Crippen LogP contribution is -2.39. The summed E-state index contributed by atoms with van der Waals surface area (Å²) in [5.74, 6) is 0.0199. The number of amides is 3. The van der Waals surface area contributed by atoms with E-state index >= 15 is 0 Å². The predicted octanol–water partition coefficient (Wildman–Crippen LogP) is 1.33. The van der Waals surface area contributed by atoms with Crippen molar-refractivity contribution in [1.29, 1.82) is 0 Å². The summed E-state index contributed by atoms with van der Waals surface area (Å²) in [4.78, 5) is 23.1. The molecule has 1 atom stereocenters. The number of aliphatic hydroxyl groups is 1. The van der Waals surface area contributed by atoms with Gasteiger partial charge in [-0.3, -0.25) is 4.79 Å². The largest absolute Gasteiger partial charge is 0.396 e. The molecule has 3 amide bonds. The predicted molar refractivity (Wildman–Crippen MR) is 82.0 cm³/mol. The lowest BCUT2D eigenvalue weighted by Gasteiger charge is -2.09. The Morgan fingerprint density at radius 2 is 1.90 bits per heavy atom. The molecular weight excluding hydrogens is 270 g/mol. The molecule has 0 heterocycles. The first-order valence-electron chi connectivity index (χ1n) is 7.09. The highest BCUT2D eigenvalue weighted by Gasteiger charge is 2.05. The van der Waals surface area contributed by atoms with E-state index < -0.39 is 6.03 Å². The van der Waals surface area contributed by atoms with E-state index in [1.165, 1.54) is 0 Å². The first-order valence-corrected chi connectivity index (χ1v) is 7.09. The third-order valence-corrected chi connectivity index (χ3v) is 2.95. The fraction of sp³-hybridized carbons (Fsp3) is 0.467. The fourth-order valence-corrected chi connectivity index (χ4v) is 1.69. The summed E-state index contributed by atoms with van der Waals surface area (Å²) in [5, 5.41) is 16.7. The second-order valence-corrected chi connectivity index (χ2v) is 4.95. The van der Waals surface area contributed by atoms with Crippen molar-refractivity contribution in [1.82, 2.24) is 10.6 Å². The van der Waals surface area contributed by atoms with Crippen LogP contribution in [0.2, 0.25) is 0 Å². The molecule has 116 valence electrons. The summed E-state index contributed by atoms with van der Waals surface area (Å²) < 4.78 is 0. The zero-order valence-corrected chi connectivity index (χ0v) is 12.3. The summed E-state index contributed by atoms with van der Waals surface area (Å²) in [7, 11) is 0. The highest BCUT2D eigenvalue weighted by molar-refractivity contribution is 5.92. The van der Waals surface area contributed by atoms with Crippen LogP contribution < -0.4 is 16.0 Å². The number of urea groups is 1. The van der Waals surface area contributed by atoms with Crippen LogP contribution in [0.5, 0.6) is 0 Å². The van der Waals surface area contributed by atoms with E-state index in [1.54, 1.807) is 12.1 Å². The number of anilines is 1. The first-order chi connectivity index (χ1) is 10.1. The Bertz CT molecular complexity index is 437. The number of para-hydroxylation sites is 1. The van der Waals surface area contributed by atoms with Crippen LogP contribution in [0.15, 0.2) is 30.3 Å². The summed E-state index contributed by atoms with van der Waals surface area (Å²) >= 11 is 0. The lowest BCUT2D eigenvalue weighted by atomic mass is 10.1. The van der Waals surface area contributed by atoms with Gasteiger partial charge in [0.15, 0.2) is 0 Å². The molecule has 4 N–H and O–H groups in total. The molecule has 0 aliphatic rings. The van der Waals surface area contributed by atoms with Crippen LogP contribution in [0.25, 0.3) is 0 Å². The number of rotatable bonds is 8. The summed E-state index contributed by atoms with van der Waals surface area (Å²) in [6.45, 7) is 2.60. The van der Waals surface area contributed by atoms with Crippen molar-refractivity contribution in [3.05, 3.63) is 30.3 Å². The van der Waals surface area contributed by atoms with Crippen LogP contribution >= 0.6 is 0 Å². The second-order valence-electron chi connectivity index (χ2n) is 4.95. The Hall–Kier alpha value is -2.08. The van der Waals surface area contributed by atoms with E-state index in [0.29, 0.717) is 12.2 Å². The average Bonchev–Trinajstić information content (AvgIpc) is 2.50. The number of hydrogen-bond acceptors (Lipinski definition) is 3. The van der Waals surface area contributed by atoms with Gasteiger partial charge >= 0.3 is 6.03 Å². The van der Waals surface area contributed by atoms with Crippen molar-refractivity contribution in [3.8, 4) is 0 Å². The Labute approximate surface area is 124 Å². The van der Waals surface area contributed by atoms with Crippen LogP contribution in [0.4, 0.5) is 10.5 Å². The van der Waals surface area contributed by atoms with E-state index in [4.69, 9.17) is 5.11 Å². The molecule has 0 radical (unpaired) electrons. The highest BCUT2D eigenvalue weighted by atomic mass is 16.3. The third kappa shape index (κ3) is 7.94. The van der Waals surface area contributed by atoms with Gasteiger partial charge in [-0.15, -0.1) is 0 Å². The van der Waals surface area contributed by atoms with Crippen molar-refractivity contribution in [3.63, 3.8) is 0 Å². The lowest BCUT2D eigenvalue weighted by molar-refractivity contribution is -0.120.